The number of furan rings is 1. The quantitative estimate of drug-likeness (QED) is 0.796. The van der Waals surface area contributed by atoms with E-state index in [0.29, 0.717) is 17.7 Å². The van der Waals surface area contributed by atoms with Crippen molar-refractivity contribution in [2.45, 2.75) is 38.6 Å². The van der Waals surface area contributed by atoms with Gasteiger partial charge in [0.2, 0.25) is 0 Å². The molecular weight excluding hydrogens is 250 g/mol. The first kappa shape index (κ1) is 12.3. The first-order chi connectivity index (χ1) is 9.63. The molecule has 1 fully saturated rings. The predicted molar refractivity (Wildman–Crippen MR) is 79.1 cm³/mol. The number of aromatic hydroxyl groups is 1. The summed E-state index contributed by atoms with van der Waals surface area (Å²) in [7, 11) is 0. The number of rotatable bonds is 0. The van der Waals surface area contributed by atoms with Gasteiger partial charge in [-0.25, -0.2) is 0 Å². The van der Waals surface area contributed by atoms with Crippen LogP contribution in [0.25, 0.3) is 11.0 Å². The Morgan fingerprint density at radius 1 is 1.30 bits per heavy atom. The fraction of sp³-hybridized carbons (Fsp3) is 0.529. The van der Waals surface area contributed by atoms with E-state index in [1.807, 2.05) is 12.1 Å². The lowest BCUT2D eigenvalue weighted by Gasteiger charge is -2.40. The monoisotopic (exact) mass is 271 g/mol. The number of hydrogen-bond donors (Lipinski definition) is 1. The first-order valence-electron chi connectivity index (χ1n) is 7.62. The number of fused-ring (bicyclic) bond motifs is 6. The Morgan fingerprint density at radius 2 is 2.15 bits per heavy atom. The Hall–Kier alpha value is -1.48. The fourth-order valence-electron chi connectivity index (χ4n) is 4.12. The standard InChI is InChI=1S/C17H21NO2/c1-10-7-14-11(2)18(9-10)6-5-13-15-8-12(19)3-4-16(15)20-17(13)14/h3-4,8,10-11,14,19H,5-7,9H2,1-2H3/t10-,11?,14?/m0/s1. The Morgan fingerprint density at radius 3 is 3.00 bits per heavy atom. The summed E-state index contributed by atoms with van der Waals surface area (Å²) >= 11 is 0. The van der Waals surface area contributed by atoms with Crippen molar-refractivity contribution >= 4 is 11.0 Å². The SMILES string of the molecule is CC1C2C[C@H](C)CN1CCc1c2oc2ccc(O)cc12. The fourth-order valence-corrected chi connectivity index (χ4v) is 4.12. The zero-order valence-corrected chi connectivity index (χ0v) is 12.1. The second-order valence-corrected chi connectivity index (χ2v) is 6.56. The zero-order valence-electron chi connectivity index (χ0n) is 12.1. The molecule has 3 unspecified atom stereocenters. The molecule has 3 heteroatoms. The van der Waals surface area contributed by atoms with Crippen LogP contribution in [0.15, 0.2) is 22.6 Å². The second kappa shape index (κ2) is 4.26. The predicted octanol–water partition coefficient (Wildman–Crippen LogP) is 3.51. The molecule has 106 valence electrons. The molecule has 0 aliphatic carbocycles. The lowest BCUT2D eigenvalue weighted by atomic mass is 9.83. The highest BCUT2D eigenvalue weighted by Crippen LogP contribution is 2.43. The number of piperidine rings is 1. The van der Waals surface area contributed by atoms with Gasteiger partial charge < -0.3 is 9.52 Å². The van der Waals surface area contributed by atoms with Gasteiger partial charge in [0, 0.05) is 36.0 Å². The van der Waals surface area contributed by atoms with E-state index in [9.17, 15) is 5.11 Å². The molecule has 0 amide bonds. The van der Waals surface area contributed by atoms with Crippen molar-refractivity contribution < 1.29 is 9.52 Å². The van der Waals surface area contributed by atoms with Crippen LogP contribution in [0.4, 0.5) is 0 Å². The third-order valence-electron chi connectivity index (χ3n) is 5.15. The number of nitrogens with zero attached hydrogens (tertiary/aromatic N) is 1. The van der Waals surface area contributed by atoms with Crippen LogP contribution in [-0.4, -0.2) is 29.1 Å². The summed E-state index contributed by atoms with van der Waals surface area (Å²) in [5, 5.41) is 10.9. The van der Waals surface area contributed by atoms with Crippen molar-refractivity contribution in [3.8, 4) is 5.75 Å². The third kappa shape index (κ3) is 1.69. The summed E-state index contributed by atoms with van der Waals surface area (Å²) < 4.78 is 6.19. The van der Waals surface area contributed by atoms with Gasteiger partial charge in [0.25, 0.3) is 0 Å². The topological polar surface area (TPSA) is 36.6 Å². The minimum Gasteiger partial charge on any atom is -0.508 e. The van der Waals surface area contributed by atoms with Gasteiger partial charge >= 0.3 is 0 Å². The van der Waals surface area contributed by atoms with Crippen LogP contribution in [-0.2, 0) is 6.42 Å². The maximum absolute atomic E-state index is 9.75. The molecule has 0 spiro atoms. The van der Waals surface area contributed by atoms with Crippen LogP contribution in [0.5, 0.6) is 5.75 Å². The normalized spacial score (nSPS) is 32.9. The molecule has 1 aromatic heterocycles. The molecule has 1 aromatic carbocycles. The zero-order chi connectivity index (χ0) is 13.9. The molecule has 4 atom stereocenters. The van der Waals surface area contributed by atoms with E-state index in [1.165, 1.54) is 24.3 Å². The van der Waals surface area contributed by atoms with Crippen molar-refractivity contribution in [3.05, 3.63) is 29.5 Å². The molecule has 0 saturated carbocycles. The van der Waals surface area contributed by atoms with Gasteiger partial charge in [-0.05, 0) is 43.9 Å². The van der Waals surface area contributed by atoms with Crippen LogP contribution >= 0.6 is 0 Å². The highest BCUT2D eigenvalue weighted by molar-refractivity contribution is 5.84. The molecule has 4 rings (SSSR count). The van der Waals surface area contributed by atoms with E-state index in [1.54, 1.807) is 6.07 Å². The Labute approximate surface area is 119 Å². The highest BCUT2D eigenvalue weighted by atomic mass is 16.3. The smallest absolute Gasteiger partial charge is 0.134 e. The Balaban J connectivity index is 1.91. The van der Waals surface area contributed by atoms with Crippen molar-refractivity contribution in [1.82, 2.24) is 4.90 Å². The summed E-state index contributed by atoms with van der Waals surface area (Å²) in [6.45, 7) is 6.96. The largest absolute Gasteiger partial charge is 0.508 e. The highest BCUT2D eigenvalue weighted by Gasteiger charge is 2.38. The van der Waals surface area contributed by atoms with Crippen LogP contribution in [0.3, 0.4) is 0 Å². The minimum atomic E-state index is 0.329. The molecule has 1 N–H and O–H groups in total. The second-order valence-electron chi connectivity index (χ2n) is 6.56. The maximum atomic E-state index is 9.75. The van der Waals surface area contributed by atoms with Gasteiger partial charge in [0.1, 0.15) is 17.1 Å². The van der Waals surface area contributed by atoms with Crippen molar-refractivity contribution in [3.63, 3.8) is 0 Å². The molecule has 20 heavy (non-hydrogen) atoms. The van der Waals surface area contributed by atoms with Crippen molar-refractivity contribution in [1.29, 1.82) is 0 Å². The van der Waals surface area contributed by atoms with E-state index < -0.39 is 0 Å². The lowest BCUT2D eigenvalue weighted by molar-refractivity contribution is 0.105. The molecule has 1 saturated heterocycles. The molecule has 2 bridgehead atoms. The lowest BCUT2D eigenvalue weighted by Crippen LogP contribution is -2.44. The van der Waals surface area contributed by atoms with Crippen LogP contribution in [0.2, 0.25) is 0 Å². The van der Waals surface area contributed by atoms with Crippen LogP contribution < -0.4 is 0 Å². The van der Waals surface area contributed by atoms with Crippen LogP contribution in [0.1, 0.15) is 37.5 Å². The molecule has 2 aliphatic rings. The number of phenols is 1. The van der Waals surface area contributed by atoms with Gasteiger partial charge in [0.15, 0.2) is 0 Å². The molecule has 3 nitrogen and oxygen atoms in total. The minimum absolute atomic E-state index is 0.329. The van der Waals surface area contributed by atoms with Gasteiger partial charge in [-0.1, -0.05) is 6.92 Å². The molecule has 3 heterocycles. The van der Waals surface area contributed by atoms with E-state index in [4.69, 9.17) is 4.42 Å². The first-order valence-corrected chi connectivity index (χ1v) is 7.62. The van der Waals surface area contributed by atoms with Gasteiger partial charge in [0.05, 0.1) is 0 Å². The van der Waals surface area contributed by atoms with Crippen LogP contribution in [0, 0.1) is 5.92 Å². The third-order valence-corrected chi connectivity index (χ3v) is 5.15. The summed E-state index contributed by atoms with van der Waals surface area (Å²) in [4.78, 5) is 2.60. The summed E-state index contributed by atoms with van der Waals surface area (Å²) in [5.41, 5.74) is 2.25. The number of benzene rings is 1. The number of phenolic OH excluding ortho intramolecular Hbond substituents is 1. The summed E-state index contributed by atoms with van der Waals surface area (Å²) in [6.07, 6.45) is 2.23. The van der Waals surface area contributed by atoms with Crippen molar-refractivity contribution in [2.24, 2.45) is 5.92 Å². The van der Waals surface area contributed by atoms with Gasteiger partial charge in [-0.2, -0.15) is 0 Å². The van der Waals surface area contributed by atoms with E-state index in [0.717, 1.165) is 29.9 Å². The molecule has 0 radical (unpaired) electrons. The van der Waals surface area contributed by atoms with Crippen molar-refractivity contribution in [2.75, 3.05) is 13.1 Å². The van der Waals surface area contributed by atoms with E-state index >= 15 is 0 Å². The average molecular weight is 271 g/mol. The Kier molecular flexibility index (Phi) is 2.61. The van der Waals surface area contributed by atoms with Gasteiger partial charge in [-0.3, -0.25) is 4.90 Å². The summed E-state index contributed by atoms with van der Waals surface area (Å²) in [5.74, 6) is 2.72. The summed E-state index contributed by atoms with van der Waals surface area (Å²) in [6, 6.07) is 6.02. The van der Waals surface area contributed by atoms with Gasteiger partial charge in [-0.15, -0.1) is 0 Å². The molecule has 2 aliphatic heterocycles. The van der Waals surface area contributed by atoms with E-state index in [2.05, 4.69) is 18.7 Å². The average Bonchev–Trinajstić information content (AvgIpc) is 2.74. The molecular formula is C17H21NO2. The molecule has 2 aromatic rings. The number of hydrogen-bond acceptors (Lipinski definition) is 3. The maximum Gasteiger partial charge on any atom is 0.134 e. The van der Waals surface area contributed by atoms with E-state index in [-0.39, 0.29) is 0 Å². The Bertz CT molecular complexity index is 660.